The summed E-state index contributed by atoms with van der Waals surface area (Å²) < 4.78 is 16.8. The van der Waals surface area contributed by atoms with Crippen LogP contribution in [-0.4, -0.2) is 55.0 Å². The van der Waals surface area contributed by atoms with Crippen LogP contribution in [0.2, 0.25) is 0 Å². The van der Waals surface area contributed by atoms with Gasteiger partial charge in [0.1, 0.15) is 11.6 Å². The third-order valence-corrected chi connectivity index (χ3v) is 9.58. The van der Waals surface area contributed by atoms with E-state index < -0.39 is 5.92 Å². The molecule has 3 N–H and O–H groups in total. The van der Waals surface area contributed by atoms with Crippen LogP contribution >= 0.6 is 23.1 Å². The first-order valence-corrected chi connectivity index (χ1v) is 16.3. The van der Waals surface area contributed by atoms with Gasteiger partial charge in [-0.2, -0.15) is 5.26 Å². The number of thioether (sulfide) groups is 1. The van der Waals surface area contributed by atoms with Gasteiger partial charge in [0, 0.05) is 24.2 Å². The maximum absolute atomic E-state index is 13.4. The van der Waals surface area contributed by atoms with Crippen molar-refractivity contribution in [3.8, 4) is 23.3 Å². The second-order valence-electron chi connectivity index (χ2n) is 10.2. The fraction of sp³-hybridized carbons (Fsp3) is 0.344. The summed E-state index contributed by atoms with van der Waals surface area (Å²) in [5.74, 6) is 1.66. The number of hydrogen-bond donors (Lipinski definition) is 2. The zero-order chi connectivity index (χ0) is 31.9. The highest BCUT2D eigenvalue weighted by Crippen LogP contribution is 2.47. The van der Waals surface area contributed by atoms with Crippen molar-refractivity contribution < 1.29 is 23.8 Å². The molecule has 2 aromatic carbocycles. The molecule has 5 rings (SSSR count). The number of allylic oxidation sites excluding steroid dienone is 3. The largest absolute Gasteiger partial charge is 0.494 e. The molecule has 1 unspecified atom stereocenters. The lowest BCUT2D eigenvalue weighted by Gasteiger charge is -2.38. The lowest BCUT2D eigenvalue weighted by atomic mass is 9.76. The van der Waals surface area contributed by atoms with Gasteiger partial charge in [-0.3, -0.25) is 14.5 Å². The first kappa shape index (κ1) is 31.9. The molecule has 0 radical (unpaired) electrons. The lowest BCUT2D eigenvalue weighted by Crippen LogP contribution is -2.38. The van der Waals surface area contributed by atoms with Gasteiger partial charge in [-0.25, -0.2) is 0 Å². The number of nitriles is 1. The Morgan fingerprint density at radius 1 is 1.16 bits per heavy atom. The molecule has 2 aliphatic rings. The van der Waals surface area contributed by atoms with E-state index >= 15 is 0 Å². The van der Waals surface area contributed by atoms with Gasteiger partial charge in [-0.05, 0) is 61.6 Å². The molecule has 1 atom stereocenters. The Hall–Kier alpha value is -4.54. The number of methoxy groups -OCH3 is 2. The van der Waals surface area contributed by atoms with Crippen molar-refractivity contribution in [2.45, 2.75) is 42.9 Å². The fourth-order valence-electron chi connectivity index (χ4n) is 5.47. The molecule has 234 valence electrons. The van der Waals surface area contributed by atoms with Crippen LogP contribution in [0.3, 0.4) is 0 Å². The van der Waals surface area contributed by atoms with Gasteiger partial charge < -0.3 is 25.3 Å². The van der Waals surface area contributed by atoms with Gasteiger partial charge in [0.2, 0.25) is 11.0 Å². The molecule has 0 bridgehead atoms. The van der Waals surface area contributed by atoms with Crippen molar-refractivity contribution in [2.24, 2.45) is 5.73 Å². The van der Waals surface area contributed by atoms with Gasteiger partial charge >= 0.3 is 0 Å². The van der Waals surface area contributed by atoms with Crippen LogP contribution in [0.5, 0.6) is 17.2 Å². The summed E-state index contributed by atoms with van der Waals surface area (Å²) in [6.07, 6.45) is 2.31. The van der Waals surface area contributed by atoms with Crippen LogP contribution in [0.15, 0.2) is 69.5 Å². The SMILES string of the molecule is CCOc1ccc(C2C(C#N)=C(N)N(c3nnc(SCC(=O)NCCc4ccc(OC)c(OC)c4)s3)C3=C2C(=O)CCC3)cc1. The molecule has 0 saturated carbocycles. The van der Waals surface area contributed by atoms with E-state index in [1.807, 2.05) is 49.4 Å². The Morgan fingerprint density at radius 2 is 1.93 bits per heavy atom. The fourth-order valence-corrected chi connectivity index (χ4v) is 7.18. The molecule has 13 heteroatoms. The van der Waals surface area contributed by atoms with Crippen LogP contribution in [0.4, 0.5) is 5.13 Å². The first-order valence-electron chi connectivity index (χ1n) is 14.5. The van der Waals surface area contributed by atoms with E-state index in [9.17, 15) is 14.9 Å². The summed E-state index contributed by atoms with van der Waals surface area (Å²) in [6.45, 7) is 2.91. The monoisotopic (exact) mass is 646 g/mol. The zero-order valence-corrected chi connectivity index (χ0v) is 26.9. The van der Waals surface area contributed by atoms with Crippen LogP contribution in [-0.2, 0) is 16.0 Å². The molecule has 1 aliphatic carbocycles. The molecule has 1 amide bonds. The number of benzene rings is 2. The second-order valence-corrected chi connectivity index (χ2v) is 12.4. The minimum absolute atomic E-state index is 0.00995. The van der Waals surface area contributed by atoms with Gasteiger partial charge in [0.05, 0.1) is 44.1 Å². The maximum atomic E-state index is 13.4. The summed E-state index contributed by atoms with van der Waals surface area (Å²) >= 11 is 2.53. The number of nitrogens with one attached hydrogen (secondary N) is 1. The average Bonchev–Trinajstić information content (AvgIpc) is 3.52. The Kier molecular flexibility index (Phi) is 10.3. The van der Waals surface area contributed by atoms with Crippen molar-refractivity contribution in [1.29, 1.82) is 5.26 Å². The Balaban J connectivity index is 1.28. The van der Waals surface area contributed by atoms with E-state index in [2.05, 4.69) is 21.6 Å². The van der Waals surface area contributed by atoms with E-state index in [0.717, 1.165) is 16.8 Å². The van der Waals surface area contributed by atoms with Crippen molar-refractivity contribution >= 4 is 39.9 Å². The minimum atomic E-state index is -0.575. The van der Waals surface area contributed by atoms with Gasteiger partial charge in [-0.1, -0.05) is 41.3 Å². The molecule has 3 aromatic rings. The molecular weight excluding hydrogens is 613 g/mol. The summed E-state index contributed by atoms with van der Waals surface area (Å²) in [5, 5.41) is 22.3. The number of nitrogens with zero attached hydrogens (tertiary/aromatic N) is 4. The Labute approximate surface area is 270 Å². The molecule has 11 nitrogen and oxygen atoms in total. The molecule has 1 aromatic heterocycles. The number of amides is 1. The number of nitrogens with two attached hydrogens (primary N) is 1. The van der Waals surface area contributed by atoms with E-state index in [4.69, 9.17) is 19.9 Å². The number of rotatable bonds is 12. The van der Waals surface area contributed by atoms with E-state index in [-0.39, 0.29) is 28.8 Å². The summed E-state index contributed by atoms with van der Waals surface area (Å²) in [7, 11) is 3.17. The number of carbonyl (C=O) groups is 2. The Bertz CT molecular complexity index is 1680. The minimum Gasteiger partial charge on any atom is -0.494 e. The van der Waals surface area contributed by atoms with Gasteiger partial charge in [0.25, 0.3) is 0 Å². The number of ketones is 1. The third kappa shape index (κ3) is 6.92. The molecule has 0 saturated heterocycles. The first-order chi connectivity index (χ1) is 21.9. The normalized spacial score (nSPS) is 16.3. The standard InChI is InChI=1S/C32H34N6O5S2/c1-4-43-21-11-9-20(10-12-21)28-22(17-33)30(34)38(23-6-5-7-24(39)29(23)28)31-36-37-32(45-31)44-18-27(40)35-15-14-19-8-13-25(41-2)26(16-19)42-3/h8-13,16,28H,4-7,14-15,18,34H2,1-3H3,(H,35,40). The predicted molar refractivity (Wildman–Crippen MR) is 172 cm³/mol. The molecule has 45 heavy (non-hydrogen) atoms. The van der Waals surface area contributed by atoms with Crippen LogP contribution in [0.25, 0.3) is 0 Å². The van der Waals surface area contributed by atoms with Crippen molar-refractivity contribution in [1.82, 2.24) is 15.5 Å². The number of carbonyl (C=O) groups excluding carboxylic acids is 2. The number of hydrogen-bond acceptors (Lipinski definition) is 12. The predicted octanol–water partition coefficient (Wildman–Crippen LogP) is 4.71. The highest BCUT2D eigenvalue weighted by atomic mass is 32.2. The quantitative estimate of drug-likeness (QED) is 0.263. The molecule has 2 heterocycles. The van der Waals surface area contributed by atoms with E-state index in [1.165, 1.54) is 23.1 Å². The molecular formula is C32H34N6O5S2. The van der Waals surface area contributed by atoms with Crippen LogP contribution < -0.4 is 30.2 Å². The number of aromatic nitrogens is 2. The number of Topliss-reactive ketones (excluding diaryl/α,β-unsaturated/α-hetero) is 1. The zero-order valence-electron chi connectivity index (χ0n) is 25.3. The average molecular weight is 647 g/mol. The number of ether oxygens (including phenoxy) is 3. The maximum Gasteiger partial charge on any atom is 0.230 e. The highest BCUT2D eigenvalue weighted by Gasteiger charge is 2.41. The van der Waals surface area contributed by atoms with Crippen molar-refractivity contribution in [2.75, 3.05) is 38.0 Å². The Morgan fingerprint density at radius 3 is 2.64 bits per heavy atom. The third-order valence-electron chi connectivity index (χ3n) is 7.54. The number of anilines is 1. The van der Waals surface area contributed by atoms with Crippen LogP contribution in [0, 0.1) is 11.3 Å². The smallest absolute Gasteiger partial charge is 0.230 e. The van der Waals surface area contributed by atoms with E-state index in [1.54, 1.807) is 19.1 Å². The molecule has 0 spiro atoms. The highest BCUT2D eigenvalue weighted by molar-refractivity contribution is 8.01. The summed E-state index contributed by atoms with van der Waals surface area (Å²) in [5.41, 5.74) is 10.1. The summed E-state index contributed by atoms with van der Waals surface area (Å²) in [6, 6.07) is 15.4. The van der Waals surface area contributed by atoms with Gasteiger partial charge in [-0.15, -0.1) is 10.2 Å². The molecule has 0 fully saturated rings. The lowest BCUT2D eigenvalue weighted by molar-refractivity contribution is -0.118. The topological polar surface area (TPSA) is 153 Å². The molecule has 1 aliphatic heterocycles. The summed E-state index contributed by atoms with van der Waals surface area (Å²) in [4.78, 5) is 27.6. The van der Waals surface area contributed by atoms with Gasteiger partial charge in [0.15, 0.2) is 21.6 Å². The van der Waals surface area contributed by atoms with Crippen molar-refractivity contribution in [3.63, 3.8) is 0 Å². The van der Waals surface area contributed by atoms with E-state index in [0.29, 0.717) is 71.1 Å². The van der Waals surface area contributed by atoms with Crippen molar-refractivity contribution in [3.05, 3.63) is 76.3 Å². The second kappa shape index (κ2) is 14.5. The van der Waals surface area contributed by atoms with Crippen LogP contribution in [0.1, 0.15) is 43.2 Å².